The van der Waals surface area contributed by atoms with E-state index in [4.69, 9.17) is 0 Å². The first-order valence-electron chi connectivity index (χ1n) is 4.93. The molecule has 1 aromatic carbocycles. The van der Waals surface area contributed by atoms with E-state index in [9.17, 15) is 4.39 Å². The molecule has 0 unspecified atom stereocenters. The highest BCUT2D eigenvalue weighted by molar-refractivity contribution is 5.41. The Labute approximate surface area is 93.7 Å². The Kier molecular flexibility index (Phi) is 2.74. The molecule has 0 aliphatic heterocycles. The summed E-state index contributed by atoms with van der Waals surface area (Å²) in [5.74, 6) is 5.62. The molecule has 0 aliphatic carbocycles. The van der Waals surface area contributed by atoms with Crippen LogP contribution in [0.25, 0.3) is 0 Å². The van der Waals surface area contributed by atoms with Crippen molar-refractivity contribution in [2.45, 2.75) is 6.92 Å². The van der Waals surface area contributed by atoms with Gasteiger partial charge in [-0.05, 0) is 36.6 Å². The average molecular weight is 214 g/mol. The number of benzene rings is 1. The van der Waals surface area contributed by atoms with Gasteiger partial charge < -0.3 is 0 Å². The second kappa shape index (κ2) is 4.19. The number of aryl methyl sites for hydroxylation is 2. The van der Waals surface area contributed by atoms with Crippen LogP contribution in [-0.2, 0) is 7.05 Å². The van der Waals surface area contributed by atoms with Crippen LogP contribution in [0.3, 0.4) is 0 Å². The van der Waals surface area contributed by atoms with E-state index >= 15 is 0 Å². The van der Waals surface area contributed by atoms with Crippen molar-refractivity contribution in [1.29, 1.82) is 0 Å². The van der Waals surface area contributed by atoms with Crippen LogP contribution in [0.5, 0.6) is 0 Å². The zero-order valence-corrected chi connectivity index (χ0v) is 9.16. The summed E-state index contributed by atoms with van der Waals surface area (Å²) in [4.78, 5) is 0. The quantitative estimate of drug-likeness (QED) is 0.615. The highest BCUT2D eigenvalue weighted by Crippen LogP contribution is 2.08. The number of halogens is 1. The minimum absolute atomic E-state index is 0.225. The highest BCUT2D eigenvalue weighted by atomic mass is 19.1. The monoisotopic (exact) mass is 214 g/mol. The van der Waals surface area contributed by atoms with E-state index in [1.165, 1.54) is 6.07 Å². The Morgan fingerprint density at radius 3 is 2.69 bits per heavy atom. The molecule has 2 rings (SSSR count). The first-order chi connectivity index (χ1) is 7.66. The molecule has 2 nitrogen and oxygen atoms in total. The molecule has 0 N–H and O–H groups in total. The largest absolute Gasteiger partial charge is 0.260 e. The number of aromatic nitrogens is 2. The van der Waals surface area contributed by atoms with Crippen LogP contribution in [0.1, 0.15) is 16.8 Å². The Morgan fingerprint density at radius 1 is 1.25 bits per heavy atom. The van der Waals surface area contributed by atoms with Crippen molar-refractivity contribution in [3.63, 3.8) is 0 Å². The van der Waals surface area contributed by atoms with Gasteiger partial charge in [-0.15, -0.1) is 0 Å². The summed E-state index contributed by atoms with van der Waals surface area (Å²) >= 11 is 0. The molecule has 3 heteroatoms. The number of nitrogens with zero attached hydrogens (tertiary/aromatic N) is 2. The molecule has 1 aromatic heterocycles. The average Bonchev–Trinajstić information content (AvgIpc) is 2.66. The topological polar surface area (TPSA) is 17.8 Å². The lowest BCUT2D eigenvalue weighted by Gasteiger charge is -1.95. The van der Waals surface area contributed by atoms with Gasteiger partial charge in [0.05, 0.1) is 6.20 Å². The van der Waals surface area contributed by atoms with Gasteiger partial charge in [0.25, 0.3) is 0 Å². The van der Waals surface area contributed by atoms with Gasteiger partial charge in [0, 0.05) is 12.6 Å². The van der Waals surface area contributed by atoms with Gasteiger partial charge in [0.1, 0.15) is 11.5 Å². The van der Waals surface area contributed by atoms with E-state index in [2.05, 4.69) is 16.9 Å². The van der Waals surface area contributed by atoms with Gasteiger partial charge in [-0.25, -0.2) is 4.39 Å². The van der Waals surface area contributed by atoms with E-state index in [1.54, 1.807) is 23.9 Å². The maximum Gasteiger partial charge on any atom is 0.127 e. The van der Waals surface area contributed by atoms with Gasteiger partial charge in [-0.1, -0.05) is 12.0 Å². The first kappa shape index (κ1) is 10.4. The summed E-state index contributed by atoms with van der Waals surface area (Å²) in [6.07, 6.45) is 1.68. The summed E-state index contributed by atoms with van der Waals surface area (Å²) < 4.78 is 14.9. The highest BCUT2D eigenvalue weighted by Gasteiger charge is 1.97. The molecule has 0 saturated heterocycles. The van der Waals surface area contributed by atoms with E-state index in [1.807, 2.05) is 19.2 Å². The SMILES string of the molecule is Cc1ccc(C#Cc2ccnn2C)cc1F. The standard InChI is InChI=1S/C13H11FN2/c1-10-3-4-11(9-13(10)14)5-6-12-7-8-15-16(12)2/h3-4,7-9H,1-2H3. The van der Waals surface area contributed by atoms with Crippen molar-refractivity contribution in [2.24, 2.45) is 7.05 Å². The molecule has 0 radical (unpaired) electrons. The molecule has 0 bridgehead atoms. The minimum Gasteiger partial charge on any atom is -0.260 e. The van der Waals surface area contributed by atoms with Crippen molar-refractivity contribution in [2.75, 3.05) is 0 Å². The van der Waals surface area contributed by atoms with Gasteiger partial charge in [-0.3, -0.25) is 4.68 Å². The Morgan fingerprint density at radius 2 is 2.06 bits per heavy atom. The molecule has 0 atom stereocenters. The van der Waals surface area contributed by atoms with Crippen LogP contribution in [-0.4, -0.2) is 9.78 Å². The zero-order valence-electron chi connectivity index (χ0n) is 9.16. The molecular formula is C13H11FN2. The first-order valence-corrected chi connectivity index (χ1v) is 4.93. The van der Waals surface area contributed by atoms with E-state index in [-0.39, 0.29) is 5.82 Å². The normalized spacial score (nSPS) is 9.69. The molecular weight excluding hydrogens is 203 g/mol. The fourth-order valence-electron chi connectivity index (χ4n) is 1.30. The van der Waals surface area contributed by atoms with Gasteiger partial charge >= 0.3 is 0 Å². The maximum absolute atomic E-state index is 13.2. The lowest BCUT2D eigenvalue weighted by atomic mass is 10.1. The molecule has 0 fully saturated rings. The van der Waals surface area contributed by atoms with Crippen molar-refractivity contribution in [3.05, 3.63) is 53.1 Å². The van der Waals surface area contributed by atoms with Crippen LogP contribution in [0, 0.1) is 24.6 Å². The smallest absolute Gasteiger partial charge is 0.127 e. The fourth-order valence-corrected chi connectivity index (χ4v) is 1.30. The Balaban J connectivity index is 2.31. The molecule has 0 aliphatic rings. The van der Waals surface area contributed by atoms with Crippen LogP contribution in [0.2, 0.25) is 0 Å². The third-order valence-corrected chi connectivity index (χ3v) is 2.33. The van der Waals surface area contributed by atoms with Crippen molar-refractivity contribution < 1.29 is 4.39 Å². The fraction of sp³-hybridized carbons (Fsp3) is 0.154. The lowest BCUT2D eigenvalue weighted by Crippen LogP contribution is -1.93. The third kappa shape index (κ3) is 2.12. The molecule has 1 heterocycles. The Bertz CT molecular complexity index is 573. The van der Waals surface area contributed by atoms with Crippen molar-refractivity contribution in [3.8, 4) is 11.8 Å². The predicted molar refractivity (Wildman–Crippen MR) is 60.3 cm³/mol. The predicted octanol–water partition coefficient (Wildman–Crippen LogP) is 2.27. The summed E-state index contributed by atoms with van der Waals surface area (Å²) in [5, 5.41) is 4.00. The summed E-state index contributed by atoms with van der Waals surface area (Å²) in [7, 11) is 1.82. The van der Waals surface area contributed by atoms with Crippen LogP contribution in [0.15, 0.2) is 30.5 Å². The minimum atomic E-state index is -0.225. The number of rotatable bonds is 0. The number of hydrogen-bond acceptors (Lipinski definition) is 1. The van der Waals surface area contributed by atoms with Gasteiger partial charge in [0.15, 0.2) is 0 Å². The second-order valence-electron chi connectivity index (χ2n) is 3.55. The molecule has 2 aromatic rings. The summed E-state index contributed by atoms with van der Waals surface area (Å²) in [6, 6.07) is 6.79. The molecule has 0 spiro atoms. The van der Waals surface area contributed by atoms with Crippen LogP contribution < -0.4 is 0 Å². The van der Waals surface area contributed by atoms with Gasteiger partial charge in [0.2, 0.25) is 0 Å². The zero-order chi connectivity index (χ0) is 11.5. The van der Waals surface area contributed by atoms with E-state index in [0.717, 1.165) is 5.69 Å². The van der Waals surface area contributed by atoms with Crippen LogP contribution in [0.4, 0.5) is 4.39 Å². The summed E-state index contributed by atoms with van der Waals surface area (Å²) in [5.41, 5.74) is 2.11. The lowest BCUT2D eigenvalue weighted by molar-refractivity contribution is 0.618. The van der Waals surface area contributed by atoms with Gasteiger partial charge in [-0.2, -0.15) is 5.10 Å². The molecule has 80 valence electrons. The Hall–Kier alpha value is -2.08. The second-order valence-corrected chi connectivity index (χ2v) is 3.55. The van der Waals surface area contributed by atoms with E-state index in [0.29, 0.717) is 11.1 Å². The van der Waals surface area contributed by atoms with Crippen LogP contribution >= 0.6 is 0 Å². The van der Waals surface area contributed by atoms with E-state index < -0.39 is 0 Å². The van der Waals surface area contributed by atoms with Crippen molar-refractivity contribution in [1.82, 2.24) is 9.78 Å². The molecule has 16 heavy (non-hydrogen) atoms. The number of hydrogen-bond donors (Lipinski definition) is 0. The molecule has 0 saturated carbocycles. The van der Waals surface area contributed by atoms with Crippen molar-refractivity contribution >= 4 is 0 Å². The summed E-state index contributed by atoms with van der Waals surface area (Å²) in [6.45, 7) is 1.73. The third-order valence-electron chi connectivity index (χ3n) is 2.33. The molecule has 0 amide bonds. The maximum atomic E-state index is 13.2.